The Kier molecular flexibility index (Phi) is 7.81. The molecule has 0 aliphatic rings. The third-order valence-corrected chi connectivity index (χ3v) is 6.29. The largest absolute Gasteiger partial charge is 0.347 e. The van der Waals surface area contributed by atoms with Gasteiger partial charge in [-0.25, -0.2) is 4.99 Å². The first-order valence-electron chi connectivity index (χ1n) is 9.85. The monoisotopic (exact) mass is 489 g/mol. The molecule has 0 aliphatic carbocycles. The van der Waals surface area contributed by atoms with Crippen molar-refractivity contribution in [3.63, 3.8) is 0 Å². The average molecular weight is 489 g/mol. The molecule has 0 aromatic heterocycles. The SMILES string of the molecule is CCCC(I)N(C)C(=NC(=N)c1ccc(C)cc1)c1ccc(C(C)(C)C)cc1. The van der Waals surface area contributed by atoms with Gasteiger partial charge in [0.1, 0.15) is 5.84 Å². The molecule has 0 heterocycles. The van der Waals surface area contributed by atoms with Gasteiger partial charge in [0, 0.05) is 18.2 Å². The molecular weight excluding hydrogens is 457 g/mol. The number of hydrogen-bond acceptors (Lipinski definition) is 1. The van der Waals surface area contributed by atoms with E-state index in [9.17, 15) is 0 Å². The van der Waals surface area contributed by atoms with Crippen molar-refractivity contribution in [3.8, 4) is 0 Å². The van der Waals surface area contributed by atoms with Gasteiger partial charge < -0.3 is 4.90 Å². The number of alkyl halides is 1. The summed E-state index contributed by atoms with van der Waals surface area (Å²) in [6.45, 7) is 10.9. The Balaban J connectivity index is 2.44. The fourth-order valence-electron chi connectivity index (χ4n) is 2.91. The molecule has 1 unspecified atom stereocenters. The summed E-state index contributed by atoms with van der Waals surface area (Å²) in [4.78, 5) is 6.96. The maximum Gasteiger partial charge on any atom is 0.154 e. The van der Waals surface area contributed by atoms with E-state index < -0.39 is 0 Å². The highest BCUT2D eigenvalue weighted by molar-refractivity contribution is 14.1. The van der Waals surface area contributed by atoms with Crippen LogP contribution in [-0.2, 0) is 5.41 Å². The van der Waals surface area contributed by atoms with Gasteiger partial charge in [0.15, 0.2) is 5.84 Å². The van der Waals surface area contributed by atoms with Crippen LogP contribution in [0.2, 0.25) is 0 Å². The van der Waals surface area contributed by atoms with Crippen LogP contribution < -0.4 is 0 Å². The van der Waals surface area contributed by atoms with Crippen molar-refractivity contribution in [1.82, 2.24) is 4.90 Å². The third-order valence-electron chi connectivity index (χ3n) is 4.83. The summed E-state index contributed by atoms with van der Waals surface area (Å²) in [7, 11) is 2.08. The molecule has 0 saturated carbocycles. The van der Waals surface area contributed by atoms with Crippen molar-refractivity contribution in [1.29, 1.82) is 5.41 Å². The fourth-order valence-corrected chi connectivity index (χ4v) is 3.80. The Morgan fingerprint density at radius 2 is 1.57 bits per heavy atom. The molecule has 2 rings (SSSR count). The summed E-state index contributed by atoms with van der Waals surface area (Å²) in [5.74, 6) is 1.14. The Labute approximate surface area is 183 Å². The molecule has 0 fully saturated rings. The minimum absolute atomic E-state index is 0.115. The molecule has 1 N–H and O–H groups in total. The number of aryl methyl sites for hydroxylation is 1. The van der Waals surface area contributed by atoms with Crippen LogP contribution in [0.15, 0.2) is 53.5 Å². The molecule has 2 aromatic rings. The molecule has 150 valence electrons. The lowest BCUT2D eigenvalue weighted by Crippen LogP contribution is -2.34. The van der Waals surface area contributed by atoms with Gasteiger partial charge >= 0.3 is 0 Å². The average Bonchev–Trinajstić information content (AvgIpc) is 2.65. The van der Waals surface area contributed by atoms with Crippen LogP contribution in [0.3, 0.4) is 0 Å². The second-order valence-electron chi connectivity index (χ2n) is 8.31. The lowest BCUT2D eigenvalue weighted by Gasteiger charge is -2.27. The minimum Gasteiger partial charge on any atom is -0.347 e. The Bertz CT molecular complexity index is 814. The highest BCUT2D eigenvalue weighted by Gasteiger charge is 2.19. The number of halogens is 1. The second kappa shape index (κ2) is 9.68. The predicted molar refractivity (Wildman–Crippen MR) is 130 cm³/mol. The summed E-state index contributed by atoms with van der Waals surface area (Å²) >= 11 is 2.47. The standard InChI is InChI=1S/C24H32IN3/c1-7-8-21(25)28(6)23(19-13-15-20(16-14-19)24(3,4)5)27-22(26)18-11-9-17(2)10-12-18/h9-16,21,26H,7-8H2,1-6H3. The number of aliphatic imine (C=N–C) groups is 1. The predicted octanol–water partition coefficient (Wildman–Crippen LogP) is 6.56. The van der Waals surface area contributed by atoms with Gasteiger partial charge in [-0.2, -0.15) is 0 Å². The van der Waals surface area contributed by atoms with E-state index in [1.54, 1.807) is 0 Å². The van der Waals surface area contributed by atoms with Gasteiger partial charge in [-0.3, -0.25) is 5.41 Å². The van der Waals surface area contributed by atoms with Gasteiger partial charge in [0.05, 0.1) is 4.05 Å². The summed E-state index contributed by atoms with van der Waals surface area (Å²) in [5.41, 5.74) is 4.48. The van der Waals surface area contributed by atoms with Crippen LogP contribution in [0.5, 0.6) is 0 Å². The molecule has 0 amide bonds. The number of amidine groups is 2. The molecule has 0 spiro atoms. The lowest BCUT2D eigenvalue weighted by molar-refractivity contribution is 0.465. The summed E-state index contributed by atoms with van der Waals surface area (Å²) in [6, 6.07) is 16.6. The smallest absolute Gasteiger partial charge is 0.154 e. The maximum atomic E-state index is 8.54. The topological polar surface area (TPSA) is 39.5 Å². The fraction of sp³-hybridized carbons (Fsp3) is 0.417. The molecule has 0 aliphatic heterocycles. The number of benzene rings is 2. The Morgan fingerprint density at radius 3 is 2.07 bits per heavy atom. The first kappa shape index (κ1) is 22.6. The highest BCUT2D eigenvalue weighted by Crippen LogP contribution is 2.24. The summed E-state index contributed by atoms with van der Waals surface area (Å²) in [5, 5.41) is 8.54. The van der Waals surface area contributed by atoms with E-state index in [2.05, 4.69) is 93.4 Å². The van der Waals surface area contributed by atoms with Crippen molar-refractivity contribution in [2.24, 2.45) is 4.99 Å². The van der Waals surface area contributed by atoms with Crippen LogP contribution in [0, 0.1) is 12.3 Å². The normalized spacial score (nSPS) is 13.3. The second-order valence-corrected chi connectivity index (χ2v) is 9.75. The van der Waals surface area contributed by atoms with Crippen molar-refractivity contribution in [3.05, 3.63) is 70.8 Å². The van der Waals surface area contributed by atoms with Crippen LogP contribution in [0.25, 0.3) is 0 Å². The van der Waals surface area contributed by atoms with E-state index in [4.69, 9.17) is 10.4 Å². The van der Waals surface area contributed by atoms with Crippen LogP contribution in [0.4, 0.5) is 0 Å². The lowest BCUT2D eigenvalue weighted by atomic mass is 9.86. The van der Waals surface area contributed by atoms with Crippen molar-refractivity contribution in [2.45, 2.75) is 56.9 Å². The maximum absolute atomic E-state index is 8.54. The number of hydrogen-bond donors (Lipinski definition) is 1. The van der Waals surface area contributed by atoms with E-state index in [0.29, 0.717) is 9.88 Å². The van der Waals surface area contributed by atoms with Crippen LogP contribution in [-0.4, -0.2) is 27.7 Å². The van der Waals surface area contributed by atoms with E-state index in [1.807, 2.05) is 24.3 Å². The number of nitrogens with zero attached hydrogens (tertiary/aromatic N) is 2. The summed E-state index contributed by atoms with van der Waals surface area (Å²) in [6.07, 6.45) is 2.19. The molecule has 2 aromatic carbocycles. The van der Waals surface area contributed by atoms with E-state index >= 15 is 0 Å². The Morgan fingerprint density at radius 1 is 1.04 bits per heavy atom. The molecule has 0 saturated heterocycles. The van der Waals surface area contributed by atoms with Crippen LogP contribution >= 0.6 is 22.6 Å². The zero-order valence-electron chi connectivity index (χ0n) is 17.9. The molecular formula is C24H32IN3. The minimum atomic E-state index is 0.115. The van der Waals surface area contributed by atoms with Gasteiger partial charge in [-0.05, 0) is 24.3 Å². The first-order chi connectivity index (χ1) is 13.1. The van der Waals surface area contributed by atoms with E-state index in [-0.39, 0.29) is 5.41 Å². The molecule has 0 bridgehead atoms. The van der Waals surface area contributed by atoms with Crippen molar-refractivity contribution < 1.29 is 0 Å². The van der Waals surface area contributed by atoms with Crippen molar-refractivity contribution in [2.75, 3.05) is 7.05 Å². The summed E-state index contributed by atoms with van der Waals surface area (Å²) < 4.78 is 0.328. The Hall–Kier alpha value is -1.69. The van der Waals surface area contributed by atoms with Gasteiger partial charge in [0.2, 0.25) is 0 Å². The van der Waals surface area contributed by atoms with Gasteiger partial charge in [-0.15, -0.1) is 0 Å². The zero-order chi connectivity index (χ0) is 20.9. The van der Waals surface area contributed by atoms with Crippen molar-refractivity contribution >= 4 is 34.3 Å². The third kappa shape index (κ3) is 5.90. The molecule has 28 heavy (non-hydrogen) atoms. The molecule has 0 radical (unpaired) electrons. The molecule has 3 nitrogen and oxygen atoms in total. The first-order valence-corrected chi connectivity index (χ1v) is 11.1. The van der Waals surface area contributed by atoms with Crippen LogP contribution in [0.1, 0.15) is 62.8 Å². The number of rotatable bonds is 5. The highest BCUT2D eigenvalue weighted by atomic mass is 127. The van der Waals surface area contributed by atoms with E-state index in [0.717, 1.165) is 29.8 Å². The zero-order valence-corrected chi connectivity index (χ0v) is 20.0. The molecule has 1 atom stereocenters. The van der Waals surface area contributed by atoms with Gasteiger partial charge in [-0.1, -0.05) is 111 Å². The number of nitrogens with one attached hydrogen (secondary N) is 1. The molecule has 4 heteroatoms. The van der Waals surface area contributed by atoms with E-state index in [1.165, 1.54) is 11.1 Å². The van der Waals surface area contributed by atoms with Gasteiger partial charge in [0.25, 0.3) is 0 Å². The quantitative estimate of drug-likeness (QED) is 0.167.